The van der Waals surface area contributed by atoms with Gasteiger partial charge in [-0.3, -0.25) is 4.79 Å². The van der Waals surface area contributed by atoms with Gasteiger partial charge in [0.15, 0.2) is 11.0 Å². The number of amides is 1. The van der Waals surface area contributed by atoms with E-state index in [4.69, 9.17) is 4.74 Å². The maximum Gasteiger partial charge on any atom is 0.225 e. The molecule has 4 aromatic rings. The first-order valence-electron chi connectivity index (χ1n) is 11.1. The highest BCUT2D eigenvalue weighted by atomic mass is 32.2. The van der Waals surface area contributed by atoms with Gasteiger partial charge in [0.2, 0.25) is 5.91 Å². The van der Waals surface area contributed by atoms with Crippen molar-refractivity contribution in [3.8, 4) is 5.75 Å². The summed E-state index contributed by atoms with van der Waals surface area (Å²) in [5.74, 6) is 2.30. The Morgan fingerprint density at radius 1 is 1.00 bits per heavy atom. The number of aryl methyl sites for hydroxylation is 1. The fourth-order valence-electron chi connectivity index (χ4n) is 3.78. The average Bonchev–Trinajstić information content (AvgIpc) is 3.42. The molecule has 4 rings (SSSR count). The number of ether oxygens (including phenoxy) is 1. The first-order valence-corrected chi connectivity index (χ1v) is 12.1. The Morgan fingerprint density at radius 3 is 2.44 bits per heavy atom. The van der Waals surface area contributed by atoms with E-state index in [1.54, 1.807) is 18.9 Å². The standard InChI is InChI=1S/C26H29N5O2S/c1-30-14-13-21(17-30)16-24(32)27-23(15-19-7-5-4-6-8-19)25-28-29-26(31(25)2)34-18-20-9-11-22(33-3)12-10-20/h4-14,17,23H,15-16,18H2,1-3H3,(H,27,32). The van der Waals surface area contributed by atoms with Gasteiger partial charge in [0, 0.05) is 32.2 Å². The lowest BCUT2D eigenvalue weighted by Crippen LogP contribution is -2.32. The summed E-state index contributed by atoms with van der Waals surface area (Å²) in [4.78, 5) is 12.9. The van der Waals surface area contributed by atoms with Crippen LogP contribution in [-0.2, 0) is 37.5 Å². The molecule has 0 radical (unpaired) electrons. The SMILES string of the molecule is COc1ccc(CSc2nnc(C(Cc3ccccc3)NC(=O)Cc3ccn(C)c3)n2C)cc1. The molecular formula is C26H29N5O2S. The number of carbonyl (C=O) groups excluding carboxylic acids is 1. The molecule has 176 valence electrons. The Bertz CT molecular complexity index is 1220. The van der Waals surface area contributed by atoms with Gasteiger partial charge in [-0.25, -0.2) is 0 Å². The number of hydrogen-bond acceptors (Lipinski definition) is 5. The van der Waals surface area contributed by atoms with Crippen molar-refractivity contribution in [3.63, 3.8) is 0 Å². The van der Waals surface area contributed by atoms with Crippen molar-refractivity contribution in [2.75, 3.05) is 7.11 Å². The van der Waals surface area contributed by atoms with Gasteiger partial charge in [-0.1, -0.05) is 54.2 Å². The summed E-state index contributed by atoms with van der Waals surface area (Å²) < 4.78 is 9.15. The van der Waals surface area contributed by atoms with Crippen LogP contribution in [0.3, 0.4) is 0 Å². The zero-order valence-electron chi connectivity index (χ0n) is 19.6. The van der Waals surface area contributed by atoms with Gasteiger partial charge in [-0.2, -0.15) is 0 Å². The molecular weight excluding hydrogens is 446 g/mol. The highest BCUT2D eigenvalue weighted by Gasteiger charge is 2.22. The number of thioether (sulfide) groups is 1. The van der Waals surface area contributed by atoms with E-state index in [9.17, 15) is 4.79 Å². The van der Waals surface area contributed by atoms with E-state index in [1.807, 2.05) is 84.2 Å². The molecule has 0 aliphatic carbocycles. The molecule has 8 heteroatoms. The first kappa shape index (κ1) is 23.6. The summed E-state index contributed by atoms with van der Waals surface area (Å²) in [6, 6.07) is 19.8. The van der Waals surface area contributed by atoms with E-state index in [2.05, 4.69) is 27.6 Å². The van der Waals surface area contributed by atoms with Gasteiger partial charge in [0.1, 0.15) is 5.75 Å². The molecule has 1 atom stereocenters. The Hall–Kier alpha value is -3.52. The fraction of sp³-hybridized carbons (Fsp3) is 0.269. The third-order valence-electron chi connectivity index (χ3n) is 5.58. The maximum absolute atomic E-state index is 12.9. The third kappa shape index (κ3) is 6.08. The quantitative estimate of drug-likeness (QED) is 0.350. The van der Waals surface area contributed by atoms with Gasteiger partial charge in [0.25, 0.3) is 0 Å². The highest BCUT2D eigenvalue weighted by molar-refractivity contribution is 7.98. The van der Waals surface area contributed by atoms with Crippen molar-refractivity contribution in [1.29, 1.82) is 0 Å². The smallest absolute Gasteiger partial charge is 0.225 e. The van der Waals surface area contributed by atoms with Crippen LogP contribution in [0.15, 0.2) is 78.2 Å². The third-order valence-corrected chi connectivity index (χ3v) is 6.67. The molecule has 0 saturated carbocycles. The first-order chi connectivity index (χ1) is 16.5. The van der Waals surface area contributed by atoms with E-state index in [0.717, 1.165) is 33.6 Å². The minimum Gasteiger partial charge on any atom is -0.497 e. The molecule has 0 spiro atoms. The van der Waals surface area contributed by atoms with Crippen molar-refractivity contribution in [2.45, 2.75) is 29.8 Å². The zero-order chi connectivity index (χ0) is 23.9. The second kappa shape index (κ2) is 11.1. The van der Waals surface area contributed by atoms with Crippen molar-refractivity contribution in [1.82, 2.24) is 24.6 Å². The minimum absolute atomic E-state index is 0.0393. The lowest BCUT2D eigenvalue weighted by Gasteiger charge is -2.18. The Labute approximate surface area is 204 Å². The Kier molecular flexibility index (Phi) is 7.69. The lowest BCUT2D eigenvalue weighted by molar-refractivity contribution is -0.121. The molecule has 7 nitrogen and oxygen atoms in total. The van der Waals surface area contributed by atoms with Crippen LogP contribution in [0.4, 0.5) is 0 Å². The molecule has 1 amide bonds. The Morgan fingerprint density at radius 2 is 1.76 bits per heavy atom. The molecule has 2 aromatic heterocycles. The van der Waals surface area contributed by atoms with Crippen molar-refractivity contribution >= 4 is 17.7 Å². The van der Waals surface area contributed by atoms with Gasteiger partial charge in [0.05, 0.1) is 19.6 Å². The largest absolute Gasteiger partial charge is 0.497 e. The topological polar surface area (TPSA) is 74.0 Å². The van der Waals surface area contributed by atoms with Crippen LogP contribution in [0.2, 0.25) is 0 Å². The summed E-state index contributed by atoms with van der Waals surface area (Å²) >= 11 is 1.62. The molecule has 0 saturated heterocycles. The number of methoxy groups -OCH3 is 1. The number of rotatable bonds is 10. The molecule has 2 aromatic carbocycles. The number of hydrogen-bond donors (Lipinski definition) is 1. The fourth-order valence-corrected chi connectivity index (χ4v) is 4.65. The highest BCUT2D eigenvalue weighted by Crippen LogP contribution is 2.25. The second-order valence-corrected chi connectivity index (χ2v) is 9.15. The van der Waals surface area contributed by atoms with Gasteiger partial charge < -0.3 is 19.2 Å². The van der Waals surface area contributed by atoms with Crippen molar-refractivity contribution in [2.24, 2.45) is 14.1 Å². The number of benzene rings is 2. The van der Waals surface area contributed by atoms with Crippen molar-refractivity contribution in [3.05, 3.63) is 95.6 Å². The van der Waals surface area contributed by atoms with Crippen LogP contribution in [0, 0.1) is 0 Å². The van der Waals surface area contributed by atoms with Crippen LogP contribution in [0.1, 0.15) is 28.6 Å². The van der Waals surface area contributed by atoms with E-state index < -0.39 is 0 Å². The van der Waals surface area contributed by atoms with Crippen LogP contribution < -0.4 is 10.1 Å². The molecule has 34 heavy (non-hydrogen) atoms. The van der Waals surface area contributed by atoms with Gasteiger partial charge in [-0.05, 0) is 41.3 Å². The number of aromatic nitrogens is 4. The summed E-state index contributed by atoms with van der Waals surface area (Å²) in [6.07, 6.45) is 4.86. The number of nitrogens with one attached hydrogen (secondary N) is 1. The minimum atomic E-state index is -0.286. The summed E-state index contributed by atoms with van der Waals surface area (Å²) in [5, 5.41) is 12.9. The van der Waals surface area contributed by atoms with E-state index in [-0.39, 0.29) is 11.9 Å². The predicted molar refractivity (Wildman–Crippen MR) is 134 cm³/mol. The van der Waals surface area contributed by atoms with Gasteiger partial charge in [-0.15, -0.1) is 10.2 Å². The molecule has 0 aliphatic heterocycles. The maximum atomic E-state index is 12.9. The normalized spacial score (nSPS) is 11.9. The molecule has 2 heterocycles. The molecule has 0 fully saturated rings. The summed E-state index contributed by atoms with van der Waals surface area (Å²) in [7, 11) is 5.56. The van der Waals surface area contributed by atoms with E-state index in [0.29, 0.717) is 12.8 Å². The van der Waals surface area contributed by atoms with Crippen LogP contribution in [0.25, 0.3) is 0 Å². The molecule has 1 N–H and O–H groups in total. The summed E-state index contributed by atoms with van der Waals surface area (Å²) in [5.41, 5.74) is 3.28. The molecule has 1 unspecified atom stereocenters. The van der Waals surface area contributed by atoms with E-state index >= 15 is 0 Å². The number of carbonyl (C=O) groups is 1. The summed E-state index contributed by atoms with van der Waals surface area (Å²) in [6.45, 7) is 0. The lowest BCUT2D eigenvalue weighted by atomic mass is 10.0. The van der Waals surface area contributed by atoms with Crippen molar-refractivity contribution < 1.29 is 9.53 Å². The monoisotopic (exact) mass is 475 g/mol. The average molecular weight is 476 g/mol. The molecule has 0 aliphatic rings. The number of nitrogens with zero attached hydrogens (tertiary/aromatic N) is 4. The predicted octanol–water partition coefficient (Wildman–Crippen LogP) is 4.10. The van der Waals surface area contributed by atoms with Crippen LogP contribution >= 0.6 is 11.8 Å². The second-order valence-electron chi connectivity index (χ2n) is 8.21. The van der Waals surface area contributed by atoms with Crippen LogP contribution in [0.5, 0.6) is 5.75 Å². The van der Waals surface area contributed by atoms with Crippen LogP contribution in [-0.4, -0.2) is 32.3 Å². The van der Waals surface area contributed by atoms with Gasteiger partial charge >= 0.3 is 0 Å². The molecule has 0 bridgehead atoms. The van der Waals surface area contributed by atoms with E-state index in [1.165, 1.54) is 5.56 Å². The Balaban J connectivity index is 1.49. The zero-order valence-corrected chi connectivity index (χ0v) is 20.5.